The molecule has 0 fully saturated rings. The molecule has 2 rings (SSSR count). The Hall–Kier alpha value is -2.80. The lowest BCUT2D eigenvalue weighted by Crippen LogP contribution is -1.99. The van der Waals surface area contributed by atoms with Crippen LogP contribution in [0.4, 0.5) is 0 Å². The minimum absolute atomic E-state index is 0.0832. The first-order valence-corrected chi connectivity index (χ1v) is 5.21. The van der Waals surface area contributed by atoms with Crippen LogP contribution in [0.1, 0.15) is 15.9 Å². The van der Waals surface area contributed by atoms with Gasteiger partial charge in [-0.15, -0.1) is 0 Å². The average molecular weight is 239 g/mol. The second kappa shape index (κ2) is 5.02. The summed E-state index contributed by atoms with van der Waals surface area (Å²) in [4.78, 5) is 11.0. The van der Waals surface area contributed by atoms with Crippen molar-refractivity contribution in [2.75, 3.05) is 0 Å². The minimum atomic E-state index is -1.05. The van der Waals surface area contributed by atoms with Crippen LogP contribution in [-0.4, -0.2) is 11.1 Å². The second-order valence-electron chi connectivity index (χ2n) is 3.54. The standard InChI is InChI=1S/C14H9NO3/c15-9-10-4-3-5-11(8-10)18-13-7-2-1-6-12(13)14(16)17/h1-8H,(H,16,17). The number of para-hydroxylation sites is 1. The van der Waals surface area contributed by atoms with Crippen LogP contribution >= 0.6 is 0 Å². The van der Waals surface area contributed by atoms with E-state index in [1.165, 1.54) is 6.07 Å². The van der Waals surface area contributed by atoms with E-state index in [2.05, 4.69) is 0 Å². The lowest BCUT2D eigenvalue weighted by Gasteiger charge is -2.08. The van der Waals surface area contributed by atoms with E-state index in [4.69, 9.17) is 15.1 Å². The Morgan fingerprint density at radius 2 is 1.94 bits per heavy atom. The molecule has 88 valence electrons. The van der Waals surface area contributed by atoms with Gasteiger partial charge in [-0.1, -0.05) is 18.2 Å². The third-order valence-corrected chi connectivity index (χ3v) is 2.31. The van der Waals surface area contributed by atoms with E-state index in [1.54, 1.807) is 42.5 Å². The van der Waals surface area contributed by atoms with Gasteiger partial charge in [-0.25, -0.2) is 4.79 Å². The predicted molar refractivity (Wildman–Crippen MR) is 64.6 cm³/mol. The van der Waals surface area contributed by atoms with Gasteiger partial charge in [0.1, 0.15) is 17.1 Å². The maximum absolute atomic E-state index is 11.0. The van der Waals surface area contributed by atoms with Gasteiger partial charge >= 0.3 is 5.97 Å². The topological polar surface area (TPSA) is 70.3 Å². The van der Waals surface area contributed by atoms with Crippen molar-refractivity contribution in [3.05, 3.63) is 59.7 Å². The van der Waals surface area contributed by atoms with Crippen molar-refractivity contribution in [1.82, 2.24) is 0 Å². The van der Waals surface area contributed by atoms with Crippen LogP contribution in [0.3, 0.4) is 0 Å². The van der Waals surface area contributed by atoms with Crippen molar-refractivity contribution < 1.29 is 14.6 Å². The van der Waals surface area contributed by atoms with Crippen molar-refractivity contribution in [1.29, 1.82) is 5.26 Å². The van der Waals surface area contributed by atoms with Crippen LogP contribution in [-0.2, 0) is 0 Å². The normalized spacial score (nSPS) is 9.50. The highest BCUT2D eigenvalue weighted by Gasteiger charge is 2.10. The highest BCUT2D eigenvalue weighted by Crippen LogP contribution is 2.25. The molecular formula is C14H9NO3. The number of rotatable bonds is 3. The Labute approximate surface area is 104 Å². The van der Waals surface area contributed by atoms with E-state index in [0.29, 0.717) is 11.3 Å². The first-order valence-electron chi connectivity index (χ1n) is 5.21. The second-order valence-corrected chi connectivity index (χ2v) is 3.54. The van der Waals surface area contributed by atoms with Crippen molar-refractivity contribution in [2.24, 2.45) is 0 Å². The Bertz CT molecular complexity index is 629. The van der Waals surface area contributed by atoms with Gasteiger partial charge in [-0.3, -0.25) is 0 Å². The Morgan fingerprint density at radius 1 is 1.17 bits per heavy atom. The number of carboxylic acids is 1. The smallest absolute Gasteiger partial charge is 0.339 e. The first kappa shape index (κ1) is 11.7. The van der Waals surface area contributed by atoms with E-state index >= 15 is 0 Å². The summed E-state index contributed by atoms with van der Waals surface area (Å²) in [5.41, 5.74) is 0.542. The highest BCUT2D eigenvalue weighted by molar-refractivity contribution is 5.90. The van der Waals surface area contributed by atoms with Crippen molar-refractivity contribution in [2.45, 2.75) is 0 Å². The molecule has 0 atom stereocenters. The fourth-order valence-electron chi connectivity index (χ4n) is 1.49. The van der Waals surface area contributed by atoms with Gasteiger partial charge in [0, 0.05) is 0 Å². The molecule has 4 heteroatoms. The predicted octanol–water partition coefficient (Wildman–Crippen LogP) is 3.05. The lowest BCUT2D eigenvalue weighted by molar-refractivity contribution is 0.0694. The van der Waals surface area contributed by atoms with Gasteiger partial charge in [0.05, 0.1) is 11.6 Å². The van der Waals surface area contributed by atoms with Gasteiger partial charge in [0.15, 0.2) is 0 Å². The van der Waals surface area contributed by atoms with Crippen LogP contribution in [0.2, 0.25) is 0 Å². The molecule has 2 aromatic rings. The Morgan fingerprint density at radius 3 is 2.67 bits per heavy atom. The fourth-order valence-corrected chi connectivity index (χ4v) is 1.49. The largest absolute Gasteiger partial charge is 0.478 e. The van der Waals surface area contributed by atoms with E-state index in [0.717, 1.165) is 0 Å². The zero-order chi connectivity index (χ0) is 13.0. The molecule has 0 spiro atoms. The summed E-state index contributed by atoms with van der Waals surface area (Å²) in [6.45, 7) is 0. The summed E-state index contributed by atoms with van der Waals surface area (Å²) in [6, 6.07) is 14.9. The molecule has 0 unspecified atom stereocenters. The average Bonchev–Trinajstić information content (AvgIpc) is 2.39. The summed E-state index contributed by atoms with van der Waals surface area (Å²) in [6.07, 6.45) is 0. The summed E-state index contributed by atoms with van der Waals surface area (Å²) < 4.78 is 5.48. The van der Waals surface area contributed by atoms with Crippen LogP contribution < -0.4 is 4.74 Å². The SMILES string of the molecule is N#Cc1cccc(Oc2ccccc2C(=O)O)c1. The van der Waals surface area contributed by atoms with Gasteiger partial charge in [-0.2, -0.15) is 5.26 Å². The third kappa shape index (κ3) is 2.47. The summed E-state index contributed by atoms with van der Waals surface area (Å²) in [5.74, 6) is -0.370. The number of nitriles is 1. The molecule has 4 nitrogen and oxygen atoms in total. The molecule has 0 aromatic heterocycles. The lowest BCUT2D eigenvalue weighted by atomic mass is 10.2. The van der Waals surface area contributed by atoms with Crippen molar-refractivity contribution in [3.8, 4) is 17.6 Å². The van der Waals surface area contributed by atoms with Crippen LogP contribution in [0, 0.1) is 11.3 Å². The molecule has 0 aliphatic heterocycles. The number of ether oxygens (including phenoxy) is 1. The molecule has 1 N–H and O–H groups in total. The quantitative estimate of drug-likeness (QED) is 0.893. The number of benzene rings is 2. The fraction of sp³-hybridized carbons (Fsp3) is 0. The Balaban J connectivity index is 2.34. The number of carboxylic acid groups (broad SMARTS) is 1. The van der Waals surface area contributed by atoms with Gasteiger partial charge in [-0.05, 0) is 30.3 Å². The Kier molecular flexibility index (Phi) is 3.26. The summed E-state index contributed by atoms with van der Waals surface area (Å²) in [5, 5.41) is 17.8. The summed E-state index contributed by atoms with van der Waals surface area (Å²) >= 11 is 0. The van der Waals surface area contributed by atoms with E-state index < -0.39 is 5.97 Å². The number of hydrogen-bond acceptors (Lipinski definition) is 3. The zero-order valence-corrected chi connectivity index (χ0v) is 9.33. The molecule has 0 radical (unpaired) electrons. The van der Waals surface area contributed by atoms with E-state index in [-0.39, 0.29) is 11.3 Å². The molecule has 0 aliphatic rings. The molecular weight excluding hydrogens is 230 g/mol. The first-order chi connectivity index (χ1) is 8.70. The number of aromatic carboxylic acids is 1. The van der Waals surface area contributed by atoms with Gasteiger partial charge < -0.3 is 9.84 Å². The molecule has 0 saturated heterocycles. The maximum atomic E-state index is 11.0. The van der Waals surface area contributed by atoms with E-state index in [9.17, 15) is 4.79 Å². The zero-order valence-electron chi connectivity index (χ0n) is 9.33. The van der Waals surface area contributed by atoms with Crippen molar-refractivity contribution in [3.63, 3.8) is 0 Å². The number of carbonyl (C=O) groups is 1. The molecule has 0 amide bonds. The summed E-state index contributed by atoms with van der Waals surface area (Å²) in [7, 11) is 0. The maximum Gasteiger partial charge on any atom is 0.339 e. The van der Waals surface area contributed by atoms with Crippen molar-refractivity contribution >= 4 is 5.97 Å². The molecule has 0 saturated carbocycles. The van der Waals surface area contributed by atoms with Gasteiger partial charge in [0.25, 0.3) is 0 Å². The highest BCUT2D eigenvalue weighted by atomic mass is 16.5. The number of nitrogens with zero attached hydrogens (tertiary/aromatic N) is 1. The molecule has 18 heavy (non-hydrogen) atoms. The third-order valence-electron chi connectivity index (χ3n) is 2.31. The van der Waals surface area contributed by atoms with Gasteiger partial charge in [0.2, 0.25) is 0 Å². The van der Waals surface area contributed by atoms with E-state index in [1.807, 2.05) is 6.07 Å². The molecule has 0 aliphatic carbocycles. The van der Waals surface area contributed by atoms with Crippen LogP contribution in [0.25, 0.3) is 0 Å². The van der Waals surface area contributed by atoms with Crippen LogP contribution in [0.5, 0.6) is 11.5 Å². The minimum Gasteiger partial charge on any atom is -0.478 e. The molecule has 0 bridgehead atoms. The molecule has 0 heterocycles. The molecule has 2 aromatic carbocycles. The number of hydrogen-bond donors (Lipinski definition) is 1. The van der Waals surface area contributed by atoms with Crippen LogP contribution in [0.15, 0.2) is 48.5 Å². The monoisotopic (exact) mass is 239 g/mol.